The van der Waals surface area contributed by atoms with Gasteiger partial charge in [0.25, 0.3) is 0 Å². The van der Waals surface area contributed by atoms with Gasteiger partial charge in [0.15, 0.2) is 5.69 Å². The fraction of sp³-hybridized carbons (Fsp3) is 0.455. The van der Waals surface area contributed by atoms with Crippen LogP contribution in [0.15, 0.2) is 18.5 Å². The van der Waals surface area contributed by atoms with E-state index < -0.39 is 5.97 Å². The van der Waals surface area contributed by atoms with E-state index in [1.165, 1.54) is 0 Å². The summed E-state index contributed by atoms with van der Waals surface area (Å²) in [5.41, 5.74) is 0.731. The van der Waals surface area contributed by atoms with E-state index in [1.54, 1.807) is 15.6 Å². The van der Waals surface area contributed by atoms with Crippen LogP contribution in [0.1, 0.15) is 29.5 Å². The third kappa shape index (κ3) is 2.55. The first kappa shape index (κ1) is 12.3. The van der Waals surface area contributed by atoms with Crippen molar-refractivity contribution in [3.05, 3.63) is 29.8 Å². The largest absolute Gasteiger partial charge is 0.476 e. The van der Waals surface area contributed by atoms with Crippen molar-refractivity contribution in [1.82, 2.24) is 24.8 Å². The van der Waals surface area contributed by atoms with Gasteiger partial charge in [0.05, 0.1) is 18.8 Å². The Hall–Kier alpha value is -2.18. The first-order valence-corrected chi connectivity index (χ1v) is 5.85. The topological polar surface area (TPSA) is 85.8 Å². The van der Waals surface area contributed by atoms with Crippen molar-refractivity contribution >= 4 is 5.97 Å². The Morgan fingerprint density at radius 3 is 2.89 bits per heavy atom. The maximum Gasteiger partial charge on any atom is 0.358 e. The fourth-order valence-corrected chi connectivity index (χ4v) is 1.79. The number of nitrogens with zero attached hydrogens (tertiary/aromatic N) is 5. The number of hydrogen-bond acceptors (Lipinski definition) is 4. The van der Waals surface area contributed by atoms with E-state index in [9.17, 15) is 4.79 Å². The van der Waals surface area contributed by atoms with Gasteiger partial charge >= 0.3 is 5.97 Å². The van der Waals surface area contributed by atoms with E-state index in [1.807, 2.05) is 19.2 Å². The predicted octanol–water partition coefficient (Wildman–Crippen LogP) is 0.825. The molecule has 0 aliphatic carbocycles. The molecule has 0 saturated carbocycles. The normalized spacial score (nSPS) is 10.7. The molecule has 2 aromatic rings. The van der Waals surface area contributed by atoms with Crippen molar-refractivity contribution < 1.29 is 9.90 Å². The fourth-order valence-electron chi connectivity index (χ4n) is 1.79. The highest BCUT2D eigenvalue weighted by molar-refractivity contribution is 5.86. The number of rotatable bonds is 6. The second kappa shape index (κ2) is 5.44. The molecule has 2 aromatic heterocycles. The summed E-state index contributed by atoms with van der Waals surface area (Å²) in [5, 5.41) is 20.7. The predicted molar refractivity (Wildman–Crippen MR) is 63.2 cm³/mol. The number of hydrogen-bond donors (Lipinski definition) is 1. The molecule has 0 saturated heterocycles. The molecule has 0 aliphatic rings. The van der Waals surface area contributed by atoms with Crippen molar-refractivity contribution in [3.8, 4) is 0 Å². The Morgan fingerprint density at radius 1 is 1.44 bits per heavy atom. The molecule has 0 radical (unpaired) electrons. The lowest BCUT2D eigenvalue weighted by atomic mass is 10.2. The molecule has 0 aliphatic heterocycles. The summed E-state index contributed by atoms with van der Waals surface area (Å²) in [6.07, 6.45) is 5.08. The second-order valence-electron chi connectivity index (χ2n) is 3.93. The molecule has 7 nitrogen and oxygen atoms in total. The average Bonchev–Trinajstić information content (AvgIpc) is 2.95. The van der Waals surface area contributed by atoms with Crippen LogP contribution in [0, 0.1) is 0 Å². The van der Waals surface area contributed by atoms with Crippen molar-refractivity contribution in [2.75, 3.05) is 0 Å². The lowest BCUT2D eigenvalue weighted by molar-refractivity contribution is 0.0689. The highest BCUT2D eigenvalue weighted by atomic mass is 16.4. The molecule has 0 unspecified atom stereocenters. The molecule has 0 fully saturated rings. The van der Waals surface area contributed by atoms with Crippen LogP contribution in [0.2, 0.25) is 0 Å². The van der Waals surface area contributed by atoms with Gasteiger partial charge in [0.1, 0.15) is 0 Å². The molecular formula is C11H15N5O2. The zero-order chi connectivity index (χ0) is 13.0. The minimum atomic E-state index is -1.02. The van der Waals surface area contributed by atoms with E-state index in [4.69, 9.17) is 5.11 Å². The zero-order valence-electron chi connectivity index (χ0n) is 10.2. The Morgan fingerprint density at radius 2 is 2.28 bits per heavy atom. The Kier molecular flexibility index (Phi) is 3.71. The zero-order valence-corrected chi connectivity index (χ0v) is 10.2. The van der Waals surface area contributed by atoms with Crippen LogP contribution in [-0.4, -0.2) is 35.9 Å². The monoisotopic (exact) mass is 249 g/mol. The van der Waals surface area contributed by atoms with Crippen LogP contribution in [0.3, 0.4) is 0 Å². The average molecular weight is 249 g/mol. The molecule has 0 atom stereocenters. The van der Waals surface area contributed by atoms with Crippen molar-refractivity contribution in [3.63, 3.8) is 0 Å². The Bertz CT molecular complexity index is 518. The van der Waals surface area contributed by atoms with Crippen LogP contribution < -0.4 is 0 Å². The van der Waals surface area contributed by atoms with Gasteiger partial charge in [-0.1, -0.05) is 18.6 Å². The summed E-state index contributed by atoms with van der Waals surface area (Å²) in [5.74, 6) is -1.02. The number of carbonyl (C=O) groups is 1. The second-order valence-corrected chi connectivity index (χ2v) is 3.93. The molecule has 2 rings (SSSR count). The van der Waals surface area contributed by atoms with Gasteiger partial charge < -0.3 is 5.11 Å². The van der Waals surface area contributed by atoms with Crippen molar-refractivity contribution in [1.29, 1.82) is 0 Å². The van der Waals surface area contributed by atoms with Gasteiger partial charge in [-0.15, -0.1) is 5.10 Å². The van der Waals surface area contributed by atoms with Gasteiger partial charge in [-0.05, 0) is 12.5 Å². The molecule has 96 valence electrons. The van der Waals surface area contributed by atoms with Crippen LogP contribution in [0.4, 0.5) is 0 Å². The maximum absolute atomic E-state index is 11.0. The summed E-state index contributed by atoms with van der Waals surface area (Å²) in [7, 11) is 0. The number of aromatic nitrogens is 5. The standard InChI is InChI=1S/C11H15N5O2/c1-2-4-9-10(11(17)18)13-14-16(9)8-7-15-6-3-5-12-15/h3,5-6H,2,4,7-8H2,1H3,(H,17,18). The lowest BCUT2D eigenvalue weighted by Crippen LogP contribution is -2.13. The molecular weight excluding hydrogens is 234 g/mol. The number of carboxylic acids is 1. The van der Waals surface area contributed by atoms with Gasteiger partial charge in [-0.25, -0.2) is 9.48 Å². The first-order chi connectivity index (χ1) is 8.72. The van der Waals surface area contributed by atoms with Crippen molar-refractivity contribution in [2.45, 2.75) is 32.9 Å². The molecule has 0 spiro atoms. The summed E-state index contributed by atoms with van der Waals surface area (Å²) < 4.78 is 3.42. The van der Waals surface area contributed by atoms with Gasteiger partial charge in [0.2, 0.25) is 0 Å². The van der Waals surface area contributed by atoms with E-state index in [0.29, 0.717) is 25.2 Å². The van der Waals surface area contributed by atoms with Crippen LogP contribution in [0.25, 0.3) is 0 Å². The van der Waals surface area contributed by atoms with Crippen molar-refractivity contribution in [2.24, 2.45) is 0 Å². The number of carboxylic acid groups (broad SMARTS) is 1. The summed E-state index contributed by atoms with van der Waals surface area (Å²) in [6, 6.07) is 1.84. The lowest BCUT2D eigenvalue weighted by Gasteiger charge is -2.06. The Balaban J connectivity index is 2.14. The highest BCUT2D eigenvalue weighted by Crippen LogP contribution is 2.08. The summed E-state index contributed by atoms with van der Waals surface area (Å²) >= 11 is 0. The maximum atomic E-state index is 11.0. The van der Waals surface area contributed by atoms with E-state index in [2.05, 4.69) is 15.4 Å². The Labute approximate surface area is 104 Å². The number of aryl methyl sites for hydroxylation is 2. The van der Waals surface area contributed by atoms with E-state index >= 15 is 0 Å². The van der Waals surface area contributed by atoms with E-state index in [-0.39, 0.29) is 5.69 Å². The molecule has 7 heteroatoms. The smallest absolute Gasteiger partial charge is 0.358 e. The van der Waals surface area contributed by atoms with Crippen LogP contribution >= 0.6 is 0 Å². The van der Waals surface area contributed by atoms with E-state index in [0.717, 1.165) is 6.42 Å². The van der Waals surface area contributed by atoms with Gasteiger partial charge in [0, 0.05) is 12.4 Å². The highest BCUT2D eigenvalue weighted by Gasteiger charge is 2.17. The molecule has 2 heterocycles. The molecule has 1 N–H and O–H groups in total. The third-order valence-electron chi connectivity index (χ3n) is 2.63. The molecule has 0 amide bonds. The molecule has 18 heavy (non-hydrogen) atoms. The summed E-state index contributed by atoms with van der Waals surface area (Å²) in [6.45, 7) is 3.21. The van der Waals surface area contributed by atoms with Gasteiger partial charge in [-0.2, -0.15) is 5.10 Å². The minimum Gasteiger partial charge on any atom is -0.476 e. The van der Waals surface area contributed by atoms with Crippen LogP contribution in [0.5, 0.6) is 0 Å². The third-order valence-corrected chi connectivity index (χ3v) is 2.63. The first-order valence-electron chi connectivity index (χ1n) is 5.85. The minimum absolute atomic E-state index is 0.0531. The molecule has 0 aromatic carbocycles. The quantitative estimate of drug-likeness (QED) is 0.819. The SMILES string of the molecule is CCCc1c(C(=O)O)nnn1CCn1cccn1. The number of aromatic carboxylic acids is 1. The summed E-state index contributed by atoms with van der Waals surface area (Å²) in [4.78, 5) is 11.0. The molecule has 0 bridgehead atoms. The van der Waals surface area contributed by atoms with Gasteiger partial charge in [-0.3, -0.25) is 4.68 Å². The van der Waals surface area contributed by atoms with Crippen LogP contribution in [-0.2, 0) is 19.5 Å².